The van der Waals surface area contributed by atoms with E-state index in [4.69, 9.17) is 5.73 Å². The van der Waals surface area contributed by atoms with Gasteiger partial charge in [-0.05, 0) is 25.2 Å². The number of aliphatic hydroxyl groups is 1. The minimum atomic E-state index is -4.24. The zero-order valence-electron chi connectivity index (χ0n) is 11.0. The molecule has 6 heteroatoms. The van der Waals surface area contributed by atoms with Gasteiger partial charge in [-0.3, -0.25) is 4.90 Å². The van der Waals surface area contributed by atoms with Crippen molar-refractivity contribution in [3.8, 4) is 0 Å². The maximum Gasteiger partial charge on any atom is 0.401 e. The predicted molar refractivity (Wildman–Crippen MR) is 64.1 cm³/mol. The van der Waals surface area contributed by atoms with E-state index in [1.807, 2.05) is 13.8 Å². The Hall–Kier alpha value is -0.330. The average Bonchev–Trinajstić information content (AvgIpc) is 2.96. The number of halogens is 3. The number of aliphatic hydroxyl groups excluding tert-OH is 1. The summed E-state index contributed by atoms with van der Waals surface area (Å²) >= 11 is 0. The SMILES string of the molecule is CC(C)CC(N)C(CO)N(CC(F)(F)F)C1CC1. The maximum atomic E-state index is 12.6. The lowest BCUT2D eigenvalue weighted by atomic mass is 9.97. The second-order valence-corrected chi connectivity index (χ2v) is 5.56. The van der Waals surface area contributed by atoms with Gasteiger partial charge in [-0.1, -0.05) is 13.8 Å². The molecule has 1 aliphatic rings. The van der Waals surface area contributed by atoms with E-state index < -0.39 is 24.8 Å². The first-order valence-electron chi connectivity index (χ1n) is 6.43. The third-order valence-electron chi connectivity index (χ3n) is 3.23. The molecule has 0 aliphatic heterocycles. The molecule has 3 N–H and O–H groups in total. The zero-order valence-corrected chi connectivity index (χ0v) is 11.0. The van der Waals surface area contributed by atoms with Crippen molar-refractivity contribution >= 4 is 0 Å². The van der Waals surface area contributed by atoms with E-state index in [-0.39, 0.29) is 12.6 Å². The first-order valence-corrected chi connectivity index (χ1v) is 6.43. The lowest BCUT2D eigenvalue weighted by Crippen LogP contribution is -2.54. The summed E-state index contributed by atoms with van der Waals surface area (Å²) in [7, 11) is 0. The molecule has 0 bridgehead atoms. The van der Waals surface area contributed by atoms with Crippen molar-refractivity contribution < 1.29 is 18.3 Å². The Balaban J connectivity index is 2.68. The molecule has 0 aromatic carbocycles. The zero-order chi connectivity index (χ0) is 13.9. The minimum Gasteiger partial charge on any atom is -0.395 e. The van der Waals surface area contributed by atoms with Gasteiger partial charge in [0, 0.05) is 18.1 Å². The fourth-order valence-electron chi connectivity index (χ4n) is 2.32. The van der Waals surface area contributed by atoms with Gasteiger partial charge in [0.15, 0.2) is 0 Å². The van der Waals surface area contributed by atoms with Crippen molar-refractivity contribution in [1.29, 1.82) is 0 Å². The van der Waals surface area contributed by atoms with Crippen LogP contribution in [0.15, 0.2) is 0 Å². The second-order valence-electron chi connectivity index (χ2n) is 5.56. The maximum absolute atomic E-state index is 12.6. The van der Waals surface area contributed by atoms with Gasteiger partial charge in [-0.2, -0.15) is 13.2 Å². The van der Waals surface area contributed by atoms with Crippen molar-refractivity contribution in [2.45, 2.75) is 57.4 Å². The lowest BCUT2D eigenvalue weighted by Gasteiger charge is -2.35. The largest absolute Gasteiger partial charge is 0.401 e. The Morgan fingerprint density at radius 1 is 1.33 bits per heavy atom. The van der Waals surface area contributed by atoms with Crippen LogP contribution in [0.4, 0.5) is 13.2 Å². The van der Waals surface area contributed by atoms with Crippen LogP contribution in [-0.2, 0) is 0 Å². The highest BCUT2D eigenvalue weighted by molar-refractivity contribution is 4.93. The minimum absolute atomic E-state index is 0.0676. The highest BCUT2D eigenvalue weighted by Gasteiger charge is 2.42. The highest BCUT2D eigenvalue weighted by Crippen LogP contribution is 2.32. The summed E-state index contributed by atoms with van der Waals surface area (Å²) in [5.41, 5.74) is 5.95. The summed E-state index contributed by atoms with van der Waals surface area (Å²) in [6, 6.07) is -1.08. The van der Waals surface area contributed by atoms with Gasteiger partial charge in [-0.15, -0.1) is 0 Å². The standard InChI is InChI=1S/C12H23F3N2O/c1-8(2)5-10(16)11(6-18)17(9-3-4-9)7-12(13,14)15/h8-11,18H,3-7,16H2,1-2H3. The number of nitrogens with zero attached hydrogens (tertiary/aromatic N) is 1. The van der Waals surface area contributed by atoms with E-state index in [9.17, 15) is 18.3 Å². The summed E-state index contributed by atoms with van der Waals surface area (Å²) in [5.74, 6) is 0.306. The molecule has 1 aliphatic carbocycles. The Kier molecular flexibility index (Phi) is 5.43. The van der Waals surface area contributed by atoms with Crippen molar-refractivity contribution in [2.24, 2.45) is 11.7 Å². The Labute approximate surface area is 106 Å². The van der Waals surface area contributed by atoms with Crippen molar-refractivity contribution in [3.05, 3.63) is 0 Å². The lowest BCUT2D eigenvalue weighted by molar-refractivity contribution is -0.155. The van der Waals surface area contributed by atoms with Crippen LogP contribution < -0.4 is 5.73 Å². The molecule has 0 heterocycles. The van der Waals surface area contributed by atoms with Gasteiger partial charge < -0.3 is 10.8 Å². The molecule has 0 aromatic heterocycles. The molecule has 0 saturated heterocycles. The number of nitrogens with two attached hydrogens (primary N) is 1. The molecule has 0 aromatic rings. The first-order chi connectivity index (χ1) is 8.24. The Bertz CT molecular complexity index is 254. The van der Waals surface area contributed by atoms with Crippen LogP contribution in [0.25, 0.3) is 0 Å². The van der Waals surface area contributed by atoms with E-state index in [0.717, 1.165) is 12.8 Å². The molecule has 2 atom stereocenters. The molecule has 18 heavy (non-hydrogen) atoms. The predicted octanol–water partition coefficient (Wildman–Crippen LogP) is 1.75. The number of rotatable bonds is 7. The summed E-state index contributed by atoms with van der Waals surface area (Å²) in [5, 5.41) is 9.36. The van der Waals surface area contributed by atoms with Crippen molar-refractivity contribution in [3.63, 3.8) is 0 Å². The fraction of sp³-hybridized carbons (Fsp3) is 1.00. The summed E-state index contributed by atoms with van der Waals surface area (Å²) < 4.78 is 37.7. The molecular weight excluding hydrogens is 245 g/mol. The van der Waals surface area contributed by atoms with Crippen LogP contribution >= 0.6 is 0 Å². The topological polar surface area (TPSA) is 49.5 Å². The van der Waals surface area contributed by atoms with Crippen molar-refractivity contribution in [2.75, 3.05) is 13.2 Å². The second kappa shape index (κ2) is 6.21. The van der Waals surface area contributed by atoms with E-state index in [1.165, 1.54) is 4.90 Å². The molecule has 0 radical (unpaired) electrons. The Morgan fingerprint density at radius 3 is 2.22 bits per heavy atom. The molecule has 1 saturated carbocycles. The van der Waals surface area contributed by atoms with E-state index in [1.54, 1.807) is 0 Å². The summed E-state index contributed by atoms with van der Waals surface area (Å²) in [4.78, 5) is 1.34. The third kappa shape index (κ3) is 5.12. The van der Waals surface area contributed by atoms with Crippen LogP contribution in [0.3, 0.4) is 0 Å². The number of hydrogen-bond acceptors (Lipinski definition) is 3. The normalized spacial score (nSPS) is 20.5. The number of alkyl halides is 3. The molecule has 1 rings (SSSR count). The highest BCUT2D eigenvalue weighted by atomic mass is 19.4. The van der Waals surface area contributed by atoms with E-state index in [0.29, 0.717) is 12.3 Å². The smallest absolute Gasteiger partial charge is 0.395 e. The monoisotopic (exact) mass is 268 g/mol. The molecule has 1 fully saturated rings. The first kappa shape index (κ1) is 15.7. The fourth-order valence-corrected chi connectivity index (χ4v) is 2.32. The quantitative estimate of drug-likeness (QED) is 0.739. The van der Waals surface area contributed by atoms with E-state index >= 15 is 0 Å². The molecule has 2 unspecified atom stereocenters. The summed E-state index contributed by atoms with van der Waals surface area (Å²) in [6.07, 6.45) is -2.10. The van der Waals surface area contributed by atoms with Gasteiger partial charge in [0.2, 0.25) is 0 Å². The van der Waals surface area contributed by atoms with Gasteiger partial charge in [0.1, 0.15) is 0 Å². The van der Waals surface area contributed by atoms with Crippen molar-refractivity contribution in [1.82, 2.24) is 4.90 Å². The summed E-state index contributed by atoms with van der Waals surface area (Å²) in [6.45, 7) is 2.65. The van der Waals surface area contributed by atoms with Gasteiger partial charge in [-0.25, -0.2) is 0 Å². The molecule has 3 nitrogen and oxygen atoms in total. The van der Waals surface area contributed by atoms with Crippen LogP contribution in [0.2, 0.25) is 0 Å². The van der Waals surface area contributed by atoms with Crippen LogP contribution in [0.1, 0.15) is 33.1 Å². The van der Waals surface area contributed by atoms with E-state index in [2.05, 4.69) is 0 Å². The molecule has 0 spiro atoms. The molecule has 108 valence electrons. The van der Waals surface area contributed by atoms with Gasteiger partial charge >= 0.3 is 6.18 Å². The third-order valence-corrected chi connectivity index (χ3v) is 3.23. The van der Waals surface area contributed by atoms with Gasteiger partial charge in [0.05, 0.1) is 13.2 Å². The van der Waals surface area contributed by atoms with Crippen LogP contribution in [0, 0.1) is 5.92 Å². The average molecular weight is 268 g/mol. The number of hydrogen-bond donors (Lipinski definition) is 2. The molecule has 0 amide bonds. The Morgan fingerprint density at radius 2 is 1.89 bits per heavy atom. The van der Waals surface area contributed by atoms with Crippen LogP contribution in [-0.4, -0.2) is 47.5 Å². The van der Waals surface area contributed by atoms with Crippen LogP contribution in [0.5, 0.6) is 0 Å². The van der Waals surface area contributed by atoms with Gasteiger partial charge in [0.25, 0.3) is 0 Å². The molecular formula is C12H23F3N2O.